The summed E-state index contributed by atoms with van der Waals surface area (Å²) in [7, 11) is 0. The van der Waals surface area contributed by atoms with E-state index in [9.17, 15) is 0 Å². The molecule has 2 aromatic rings. The Balaban J connectivity index is 2.44. The standard InChI is InChI=1S/C13H15ClN2/c1-8-5-9(2)12-10(6-8)16-4-3-15-7-11(16)13(12)14/h5-6,15H,3-4,7H2,1-2H3. The fraction of sp³-hybridized carbons (Fsp3) is 0.385. The van der Waals surface area contributed by atoms with Gasteiger partial charge in [-0.2, -0.15) is 0 Å². The van der Waals surface area contributed by atoms with Gasteiger partial charge in [-0.1, -0.05) is 17.7 Å². The maximum atomic E-state index is 6.47. The quantitative estimate of drug-likeness (QED) is 0.742. The van der Waals surface area contributed by atoms with E-state index in [2.05, 4.69) is 35.9 Å². The SMILES string of the molecule is Cc1cc(C)c2c(Cl)c3n(c2c1)CCNC3. The summed E-state index contributed by atoms with van der Waals surface area (Å²) < 4.78 is 2.36. The van der Waals surface area contributed by atoms with Crippen LogP contribution in [-0.4, -0.2) is 11.1 Å². The predicted octanol–water partition coefficient (Wildman–Crippen LogP) is 3.01. The number of halogens is 1. The first-order chi connectivity index (χ1) is 7.68. The number of aryl methyl sites for hydroxylation is 2. The lowest BCUT2D eigenvalue weighted by molar-refractivity contribution is 0.527. The monoisotopic (exact) mass is 234 g/mol. The second-order valence-electron chi connectivity index (χ2n) is 4.57. The van der Waals surface area contributed by atoms with Crippen molar-refractivity contribution in [1.29, 1.82) is 0 Å². The molecule has 16 heavy (non-hydrogen) atoms. The molecule has 3 rings (SSSR count). The van der Waals surface area contributed by atoms with Crippen LogP contribution in [0.1, 0.15) is 16.8 Å². The topological polar surface area (TPSA) is 17.0 Å². The van der Waals surface area contributed by atoms with Gasteiger partial charge in [0.15, 0.2) is 0 Å². The van der Waals surface area contributed by atoms with Crippen molar-refractivity contribution in [1.82, 2.24) is 9.88 Å². The summed E-state index contributed by atoms with van der Waals surface area (Å²) in [5.74, 6) is 0. The van der Waals surface area contributed by atoms with E-state index in [-0.39, 0.29) is 0 Å². The normalized spacial score (nSPS) is 15.4. The molecule has 1 aromatic heterocycles. The van der Waals surface area contributed by atoms with Crippen LogP contribution in [0.15, 0.2) is 12.1 Å². The first-order valence-electron chi connectivity index (χ1n) is 5.67. The van der Waals surface area contributed by atoms with Gasteiger partial charge in [-0.15, -0.1) is 0 Å². The Hall–Kier alpha value is -0.990. The Bertz CT molecular complexity index is 569. The van der Waals surface area contributed by atoms with Crippen LogP contribution in [0.25, 0.3) is 10.9 Å². The molecule has 2 heterocycles. The number of benzene rings is 1. The van der Waals surface area contributed by atoms with E-state index >= 15 is 0 Å². The molecule has 0 radical (unpaired) electrons. The second-order valence-corrected chi connectivity index (χ2v) is 4.94. The van der Waals surface area contributed by atoms with Gasteiger partial charge in [0.25, 0.3) is 0 Å². The van der Waals surface area contributed by atoms with E-state index in [4.69, 9.17) is 11.6 Å². The molecule has 0 amide bonds. The molecular weight excluding hydrogens is 220 g/mol. The van der Waals surface area contributed by atoms with Crippen molar-refractivity contribution in [2.45, 2.75) is 26.9 Å². The van der Waals surface area contributed by atoms with Crippen LogP contribution in [0.2, 0.25) is 5.02 Å². The molecule has 0 unspecified atom stereocenters. The average Bonchev–Trinajstić information content (AvgIpc) is 2.54. The number of hydrogen-bond acceptors (Lipinski definition) is 1. The molecule has 84 valence electrons. The predicted molar refractivity (Wildman–Crippen MR) is 68.1 cm³/mol. The highest BCUT2D eigenvalue weighted by Crippen LogP contribution is 2.34. The molecule has 1 N–H and O–H groups in total. The zero-order valence-corrected chi connectivity index (χ0v) is 10.4. The third-order valence-corrected chi connectivity index (χ3v) is 3.76. The van der Waals surface area contributed by atoms with Crippen molar-refractivity contribution >= 4 is 22.5 Å². The largest absolute Gasteiger partial charge is 0.341 e. The molecule has 0 aliphatic carbocycles. The molecule has 0 fully saturated rings. The summed E-state index contributed by atoms with van der Waals surface area (Å²) in [5, 5.41) is 5.53. The van der Waals surface area contributed by atoms with E-state index in [1.54, 1.807) is 0 Å². The lowest BCUT2D eigenvalue weighted by Gasteiger charge is -2.17. The van der Waals surface area contributed by atoms with Gasteiger partial charge in [0, 0.05) is 25.0 Å². The summed E-state index contributed by atoms with van der Waals surface area (Å²) in [5.41, 5.74) is 5.11. The van der Waals surface area contributed by atoms with Crippen molar-refractivity contribution < 1.29 is 0 Å². The van der Waals surface area contributed by atoms with Gasteiger partial charge in [0.1, 0.15) is 0 Å². The van der Waals surface area contributed by atoms with Crippen LogP contribution in [0, 0.1) is 13.8 Å². The smallest absolute Gasteiger partial charge is 0.0710 e. The highest BCUT2D eigenvalue weighted by Gasteiger charge is 2.19. The zero-order valence-electron chi connectivity index (χ0n) is 9.60. The first kappa shape index (κ1) is 10.2. The molecule has 0 bridgehead atoms. The van der Waals surface area contributed by atoms with Crippen molar-refractivity contribution in [3.63, 3.8) is 0 Å². The van der Waals surface area contributed by atoms with Crippen molar-refractivity contribution in [2.24, 2.45) is 0 Å². The van der Waals surface area contributed by atoms with Gasteiger partial charge in [0.2, 0.25) is 0 Å². The average molecular weight is 235 g/mol. The third-order valence-electron chi connectivity index (χ3n) is 3.35. The van der Waals surface area contributed by atoms with Crippen LogP contribution in [0.4, 0.5) is 0 Å². The third kappa shape index (κ3) is 1.30. The summed E-state index contributed by atoms with van der Waals surface area (Å²) >= 11 is 6.47. The van der Waals surface area contributed by atoms with Gasteiger partial charge in [-0.05, 0) is 31.0 Å². The van der Waals surface area contributed by atoms with E-state index in [0.717, 1.165) is 24.7 Å². The van der Waals surface area contributed by atoms with Crippen LogP contribution >= 0.6 is 11.6 Å². The van der Waals surface area contributed by atoms with E-state index in [1.807, 2.05) is 0 Å². The Kier molecular flexibility index (Phi) is 2.23. The summed E-state index contributed by atoms with van der Waals surface area (Å²) in [6, 6.07) is 4.44. The highest BCUT2D eigenvalue weighted by atomic mass is 35.5. The summed E-state index contributed by atoms with van der Waals surface area (Å²) in [6.07, 6.45) is 0. The Labute approximate surface area is 100 Å². The zero-order chi connectivity index (χ0) is 11.3. The first-order valence-corrected chi connectivity index (χ1v) is 6.05. The lowest BCUT2D eigenvalue weighted by atomic mass is 10.1. The fourth-order valence-electron chi connectivity index (χ4n) is 2.68. The molecule has 1 aliphatic heterocycles. The van der Waals surface area contributed by atoms with Crippen molar-refractivity contribution in [2.75, 3.05) is 6.54 Å². The van der Waals surface area contributed by atoms with Crippen LogP contribution in [0.5, 0.6) is 0 Å². The summed E-state index contributed by atoms with van der Waals surface area (Å²) in [4.78, 5) is 0. The molecule has 1 aromatic carbocycles. The number of aromatic nitrogens is 1. The molecular formula is C13H15ClN2. The molecule has 0 spiro atoms. The molecule has 3 heteroatoms. The van der Waals surface area contributed by atoms with Gasteiger partial charge in [-0.3, -0.25) is 0 Å². The van der Waals surface area contributed by atoms with Crippen LogP contribution in [0.3, 0.4) is 0 Å². The number of hydrogen-bond donors (Lipinski definition) is 1. The molecule has 0 saturated heterocycles. The van der Waals surface area contributed by atoms with Crippen LogP contribution in [-0.2, 0) is 13.1 Å². The second kappa shape index (κ2) is 3.51. The van der Waals surface area contributed by atoms with Gasteiger partial charge in [-0.25, -0.2) is 0 Å². The number of fused-ring (bicyclic) bond motifs is 3. The Morgan fingerprint density at radius 1 is 1.31 bits per heavy atom. The molecule has 0 saturated carbocycles. The highest BCUT2D eigenvalue weighted by molar-refractivity contribution is 6.36. The summed E-state index contributed by atoms with van der Waals surface area (Å²) in [6.45, 7) is 7.20. The minimum absolute atomic E-state index is 0.881. The van der Waals surface area contributed by atoms with Gasteiger partial charge in [0.05, 0.1) is 16.2 Å². The number of nitrogens with one attached hydrogen (secondary N) is 1. The molecule has 2 nitrogen and oxygen atoms in total. The van der Waals surface area contributed by atoms with Crippen LogP contribution < -0.4 is 5.32 Å². The Morgan fingerprint density at radius 3 is 2.94 bits per heavy atom. The maximum Gasteiger partial charge on any atom is 0.0710 e. The van der Waals surface area contributed by atoms with Gasteiger partial charge >= 0.3 is 0 Å². The van der Waals surface area contributed by atoms with Crippen molar-refractivity contribution in [3.05, 3.63) is 34.0 Å². The fourth-order valence-corrected chi connectivity index (χ4v) is 3.09. The van der Waals surface area contributed by atoms with E-state index in [1.165, 1.54) is 27.7 Å². The minimum Gasteiger partial charge on any atom is -0.341 e. The molecule has 0 atom stereocenters. The van der Waals surface area contributed by atoms with E-state index in [0.29, 0.717) is 0 Å². The maximum absolute atomic E-state index is 6.47. The lowest BCUT2D eigenvalue weighted by Crippen LogP contribution is -2.27. The number of nitrogens with zero attached hydrogens (tertiary/aromatic N) is 1. The molecule has 1 aliphatic rings. The number of rotatable bonds is 0. The minimum atomic E-state index is 0.881. The van der Waals surface area contributed by atoms with E-state index < -0.39 is 0 Å². The van der Waals surface area contributed by atoms with Crippen molar-refractivity contribution in [3.8, 4) is 0 Å². The van der Waals surface area contributed by atoms with Gasteiger partial charge < -0.3 is 9.88 Å². The Morgan fingerprint density at radius 2 is 2.12 bits per heavy atom.